The van der Waals surface area contributed by atoms with Crippen LogP contribution < -0.4 is 15.2 Å². The van der Waals surface area contributed by atoms with Crippen molar-refractivity contribution in [3.05, 3.63) is 18.2 Å². The Bertz CT molecular complexity index is 351. The van der Waals surface area contributed by atoms with Gasteiger partial charge in [0.1, 0.15) is 11.5 Å². The molecule has 0 aromatic heterocycles. The van der Waals surface area contributed by atoms with E-state index in [9.17, 15) is 4.79 Å². The standard InChI is InChI=1S/C10H13NO4/c1-14-7-2-3-8(11)9(6-7)15-5-4-10(12)13/h2-3,6H,4-5,11H2,1H3,(H,12,13). The van der Waals surface area contributed by atoms with Crippen LogP contribution in [0, 0.1) is 0 Å². The third kappa shape index (κ3) is 3.38. The predicted octanol–water partition coefficient (Wildman–Crippen LogP) is 1.13. The molecule has 0 heterocycles. The molecular formula is C10H13NO4. The molecule has 0 aliphatic heterocycles. The summed E-state index contributed by atoms with van der Waals surface area (Å²) in [5.74, 6) is 0.154. The lowest BCUT2D eigenvalue weighted by molar-refractivity contribution is -0.137. The number of ether oxygens (including phenoxy) is 2. The summed E-state index contributed by atoms with van der Waals surface area (Å²) in [7, 11) is 1.53. The minimum Gasteiger partial charge on any atom is -0.497 e. The number of carboxylic acids is 1. The van der Waals surface area contributed by atoms with Gasteiger partial charge in [-0.25, -0.2) is 0 Å². The molecule has 1 rings (SSSR count). The lowest BCUT2D eigenvalue weighted by Crippen LogP contribution is -2.06. The summed E-state index contributed by atoms with van der Waals surface area (Å²) >= 11 is 0. The molecule has 15 heavy (non-hydrogen) atoms. The largest absolute Gasteiger partial charge is 0.497 e. The maximum atomic E-state index is 10.3. The van der Waals surface area contributed by atoms with Crippen molar-refractivity contribution in [2.24, 2.45) is 0 Å². The van der Waals surface area contributed by atoms with Crippen LogP contribution in [-0.4, -0.2) is 24.8 Å². The van der Waals surface area contributed by atoms with Gasteiger partial charge in [0, 0.05) is 6.07 Å². The molecule has 0 radical (unpaired) electrons. The van der Waals surface area contributed by atoms with E-state index in [-0.39, 0.29) is 13.0 Å². The highest BCUT2D eigenvalue weighted by molar-refractivity contribution is 5.66. The van der Waals surface area contributed by atoms with Crippen molar-refractivity contribution >= 4 is 11.7 Å². The van der Waals surface area contributed by atoms with E-state index >= 15 is 0 Å². The van der Waals surface area contributed by atoms with Crippen LogP contribution in [0.3, 0.4) is 0 Å². The fourth-order valence-corrected chi connectivity index (χ4v) is 1.01. The summed E-state index contributed by atoms with van der Waals surface area (Å²) in [6.45, 7) is 0.0900. The Morgan fingerprint density at radius 1 is 1.53 bits per heavy atom. The number of carbonyl (C=O) groups is 1. The molecule has 1 aromatic carbocycles. The fraction of sp³-hybridized carbons (Fsp3) is 0.300. The monoisotopic (exact) mass is 211 g/mol. The van der Waals surface area contributed by atoms with Gasteiger partial charge >= 0.3 is 5.97 Å². The van der Waals surface area contributed by atoms with Crippen LogP contribution in [0.2, 0.25) is 0 Å². The molecule has 0 saturated heterocycles. The Labute approximate surface area is 87.4 Å². The third-order valence-corrected chi connectivity index (χ3v) is 1.79. The predicted molar refractivity (Wildman–Crippen MR) is 55.2 cm³/mol. The number of methoxy groups -OCH3 is 1. The van der Waals surface area contributed by atoms with Crippen molar-refractivity contribution in [3.8, 4) is 11.5 Å². The van der Waals surface area contributed by atoms with E-state index in [0.717, 1.165) is 0 Å². The number of nitrogens with two attached hydrogens (primary N) is 1. The lowest BCUT2D eigenvalue weighted by atomic mass is 10.3. The topological polar surface area (TPSA) is 81.8 Å². The lowest BCUT2D eigenvalue weighted by Gasteiger charge is -2.09. The van der Waals surface area contributed by atoms with E-state index in [4.69, 9.17) is 20.3 Å². The van der Waals surface area contributed by atoms with Crippen LogP contribution in [0.15, 0.2) is 18.2 Å². The zero-order valence-corrected chi connectivity index (χ0v) is 8.40. The molecule has 5 nitrogen and oxygen atoms in total. The van der Waals surface area contributed by atoms with Gasteiger partial charge in [0.05, 0.1) is 25.8 Å². The molecule has 3 N–H and O–H groups in total. The molecule has 82 valence electrons. The summed E-state index contributed by atoms with van der Waals surface area (Å²) in [5, 5.41) is 8.43. The summed E-state index contributed by atoms with van der Waals surface area (Å²) < 4.78 is 10.2. The molecule has 0 aliphatic carbocycles. The summed E-state index contributed by atoms with van der Waals surface area (Å²) in [5.41, 5.74) is 6.09. The summed E-state index contributed by atoms with van der Waals surface area (Å²) in [6.07, 6.45) is -0.0589. The van der Waals surface area contributed by atoms with E-state index < -0.39 is 5.97 Å². The second kappa shape index (κ2) is 5.09. The summed E-state index contributed by atoms with van der Waals surface area (Å²) in [4.78, 5) is 10.3. The molecule has 0 spiro atoms. The maximum Gasteiger partial charge on any atom is 0.306 e. The average Bonchev–Trinajstić information content (AvgIpc) is 2.20. The van der Waals surface area contributed by atoms with Crippen molar-refractivity contribution in [2.75, 3.05) is 19.5 Å². The molecular weight excluding hydrogens is 198 g/mol. The van der Waals surface area contributed by atoms with Crippen LogP contribution in [0.1, 0.15) is 6.42 Å². The first kappa shape index (κ1) is 11.2. The molecule has 5 heteroatoms. The van der Waals surface area contributed by atoms with E-state index in [0.29, 0.717) is 17.2 Å². The number of carboxylic acid groups (broad SMARTS) is 1. The highest BCUT2D eigenvalue weighted by atomic mass is 16.5. The Morgan fingerprint density at radius 2 is 2.27 bits per heavy atom. The first-order valence-electron chi connectivity index (χ1n) is 4.41. The Balaban J connectivity index is 2.62. The highest BCUT2D eigenvalue weighted by Crippen LogP contribution is 2.26. The number of anilines is 1. The first-order chi connectivity index (χ1) is 7.13. The van der Waals surface area contributed by atoms with E-state index in [2.05, 4.69) is 0 Å². The number of rotatable bonds is 5. The van der Waals surface area contributed by atoms with Gasteiger partial charge in [-0.1, -0.05) is 0 Å². The molecule has 0 amide bonds. The quantitative estimate of drug-likeness (QED) is 0.713. The van der Waals surface area contributed by atoms with E-state index in [1.807, 2.05) is 0 Å². The van der Waals surface area contributed by atoms with Crippen LogP contribution in [-0.2, 0) is 4.79 Å². The van der Waals surface area contributed by atoms with Crippen LogP contribution in [0.5, 0.6) is 11.5 Å². The number of benzene rings is 1. The van der Waals surface area contributed by atoms with Crippen LogP contribution >= 0.6 is 0 Å². The SMILES string of the molecule is COc1ccc(N)c(OCCC(=O)O)c1. The molecule has 0 atom stereocenters. The molecule has 0 saturated carbocycles. The smallest absolute Gasteiger partial charge is 0.306 e. The second-order valence-corrected chi connectivity index (χ2v) is 2.90. The van der Waals surface area contributed by atoms with Crippen molar-refractivity contribution in [1.82, 2.24) is 0 Å². The fourth-order valence-electron chi connectivity index (χ4n) is 1.01. The van der Waals surface area contributed by atoms with Gasteiger partial charge in [0.25, 0.3) is 0 Å². The van der Waals surface area contributed by atoms with Crippen LogP contribution in [0.4, 0.5) is 5.69 Å². The van der Waals surface area contributed by atoms with Crippen molar-refractivity contribution in [2.45, 2.75) is 6.42 Å². The molecule has 0 unspecified atom stereocenters. The van der Waals surface area contributed by atoms with Gasteiger partial charge in [-0.2, -0.15) is 0 Å². The van der Waals surface area contributed by atoms with Gasteiger partial charge < -0.3 is 20.3 Å². The first-order valence-corrected chi connectivity index (χ1v) is 4.41. The van der Waals surface area contributed by atoms with E-state index in [1.165, 1.54) is 7.11 Å². The third-order valence-electron chi connectivity index (χ3n) is 1.79. The van der Waals surface area contributed by atoms with Crippen molar-refractivity contribution in [1.29, 1.82) is 0 Å². The number of nitrogen functional groups attached to an aromatic ring is 1. The zero-order valence-electron chi connectivity index (χ0n) is 8.40. The molecule has 1 aromatic rings. The van der Waals surface area contributed by atoms with Crippen LogP contribution in [0.25, 0.3) is 0 Å². The van der Waals surface area contributed by atoms with E-state index in [1.54, 1.807) is 18.2 Å². The maximum absolute atomic E-state index is 10.3. The molecule has 0 aliphatic rings. The number of hydrogen-bond donors (Lipinski definition) is 2. The molecule has 0 fully saturated rings. The van der Waals surface area contributed by atoms with Crippen molar-refractivity contribution in [3.63, 3.8) is 0 Å². The van der Waals surface area contributed by atoms with Gasteiger partial charge in [-0.3, -0.25) is 4.79 Å². The second-order valence-electron chi connectivity index (χ2n) is 2.90. The molecule has 0 bridgehead atoms. The normalized spacial score (nSPS) is 9.67. The minimum atomic E-state index is -0.906. The Morgan fingerprint density at radius 3 is 2.87 bits per heavy atom. The highest BCUT2D eigenvalue weighted by Gasteiger charge is 2.04. The van der Waals surface area contributed by atoms with Gasteiger partial charge in [-0.05, 0) is 12.1 Å². The van der Waals surface area contributed by atoms with Crippen molar-refractivity contribution < 1.29 is 19.4 Å². The Hall–Kier alpha value is -1.91. The van der Waals surface area contributed by atoms with Gasteiger partial charge in [-0.15, -0.1) is 0 Å². The summed E-state index contributed by atoms with van der Waals surface area (Å²) in [6, 6.07) is 4.98. The van der Waals surface area contributed by atoms with Gasteiger partial charge in [0.15, 0.2) is 0 Å². The Kier molecular flexibility index (Phi) is 3.79. The number of aliphatic carboxylic acids is 1. The van der Waals surface area contributed by atoms with Gasteiger partial charge in [0.2, 0.25) is 0 Å². The minimum absolute atomic E-state index is 0.0589. The number of hydrogen-bond acceptors (Lipinski definition) is 4. The zero-order chi connectivity index (χ0) is 11.3. The average molecular weight is 211 g/mol.